The summed E-state index contributed by atoms with van der Waals surface area (Å²) < 4.78 is 11.1. The second-order valence-electron chi connectivity index (χ2n) is 6.19. The maximum Gasteiger partial charge on any atom is 0.257 e. The number of rotatable bonds is 4. The number of para-hydroxylation sites is 1. The van der Waals surface area contributed by atoms with Gasteiger partial charge in [-0.2, -0.15) is 0 Å². The van der Waals surface area contributed by atoms with Gasteiger partial charge in [-0.05, 0) is 32.9 Å². The van der Waals surface area contributed by atoms with E-state index >= 15 is 0 Å². The molecule has 0 bridgehead atoms. The number of ether oxygens (including phenoxy) is 1. The fraction of sp³-hybridized carbons (Fsp3) is 0.444. The van der Waals surface area contributed by atoms with E-state index in [1.165, 1.54) is 0 Å². The van der Waals surface area contributed by atoms with Crippen LogP contribution in [0.2, 0.25) is 0 Å². The number of aryl methyl sites for hydroxylation is 2. The summed E-state index contributed by atoms with van der Waals surface area (Å²) in [5.74, 6) is 1.35. The number of piperazine rings is 1. The molecule has 1 fully saturated rings. The minimum atomic E-state index is 0. The summed E-state index contributed by atoms with van der Waals surface area (Å²) in [6.45, 7) is 8.39. The topological polar surface area (TPSA) is 67.6 Å². The SMILES string of the molecule is Cc1noc(C)c1COc1ccccc1C(=O)N1CCNC(C)C1.Cl. The Morgan fingerprint density at radius 1 is 1.40 bits per heavy atom. The van der Waals surface area contributed by atoms with E-state index in [0.717, 1.165) is 23.6 Å². The first-order chi connectivity index (χ1) is 11.6. The molecule has 0 saturated carbocycles. The van der Waals surface area contributed by atoms with Gasteiger partial charge in [-0.15, -0.1) is 12.4 Å². The lowest BCUT2D eigenvalue weighted by Gasteiger charge is -2.32. The molecule has 1 saturated heterocycles. The molecule has 6 nitrogen and oxygen atoms in total. The Balaban J connectivity index is 0.00000225. The fourth-order valence-electron chi connectivity index (χ4n) is 2.91. The quantitative estimate of drug-likeness (QED) is 0.902. The van der Waals surface area contributed by atoms with Gasteiger partial charge in [0.25, 0.3) is 5.91 Å². The highest BCUT2D eigenvalue weighted by molar-refractivity contribution is 5.97. The monoisotopic (exact) mass is 365 g/mol. The smallest absolute Gasteiger partial charge is 0.257 e. The van der Waals surface area contributed by atoms with E-state index in [0.29, 0.717) is 37.1 Å². The highest BCUT2D eigenvalue weighted by atomic mass is 35.5. The van der Waals surface area contributed by atoms with Crippen molar-refractivity contribution in [2.75, 3.05) is 19.6 Å². The van der Waals surface area contributed by atoms with Crippen LogP contribution in [0.4, 0.5) is 0 Å². The first-order valence-electron chi connectivity index (χ1n) is 8.22. The highest BCUT2D eigenvalue weighted by Crippen LogP contribution is 2.23. The molecule has 2 heterocycles. The summed E-state index contributed by atoms with van der Waals surface area (Å²) in [6.07, 6.45) is 0. The zero-order valence-corrected chi connectivity index (χ0v) is 15.6. The van der Waals surface area contributed by atoms with Crippen LogP contribution in [0.5, 0.6) is 5.75 Å². The van der Waals surface area contributed by atoms with Gasteiger partial charge in [-0.25, -0.2) is 0 Å². The number of carbonyl (C=O) groups is 1. The van der Waals surface area contributed by atoms with Crippen LogP contribution in [-0.2, 0) is 6.61 Å². The molecule has 1 amide bonds. The molecule has 1 atom stereocenters. The highest BCUT2D eigenvalue weighted by Gasteiger charge is 2.24. The Hall–Kier alpha value is -2.05. The second-order valence-corrected chi connectivity index (χ2v) is 6.19. The molecule has 25 heavy (non-hydrogen) atoms. The summed E-state index contributed by atoms with van der Waals surface area (Å²) in [7, 11) is 0. The molecule has 0 aliphatic carbocycles. The average Bonchev–Trinajstić information content (AvgIpc) is 2.91. The number of hydrogen-bond donors (Lipinski definition) is 1. The second kappa shape index (κ2) is 8.36. The van der Waals surface area contributed by atoms with Gasteiger partial charge in [-0.3, -0.25) is 4.79 Å². The summed E-state index contributed by atoms with van der Waals surface area (Å²) in [5.41, 5.74) is 2.33. The molecule has 3 rings (SSSR count). The number of nitrogens with zero attached hydrogens (tertiary/aromatic N) is 2. The minimum absolute atomic E-state index is 0. The third-order valence-electron chi connectivity index (χ3n) is 4.33. The van der Waals surface area contributed by atoms with Crippen molar-refractivity contribution in [3.05, 3.63) is 46.8 Å². The van der Waals surface area contributed by atoms with Crippen LogP contribution in [0.15, 0.2) is 28.8 Å². The maximum atomic E-state index is 12.8. The predicted molar refractivity (Wildman–Crippen MR) is 97.4 cm³/mol. The van der Waals surface area contributed by atoms with E-state index in [1.54, 1.807) is 0 Å². The number of amides is 1. The number of nitrogens with one attached hydrogen (secondary N) is 1. The predicted octanol–water partition coefficient (Wildman–Crippen LogP) is 2.73. The molecule has 1 aromatic heterocycles. The van der Waals surface area contributed by atoms with E-state index < -0.39 is 0 Å². The molecule has 7 heteroatoms. The average molecular weight is 366 g/mol. The van der Waals surface area contributed by atoms with Crippen LogP contribution in [0, 0.1) is 13.8 Å². The number of halogens is 1. The molecule has 0 spiro atoms. The normalized spacial score (nSPS) is 17.1. The Morgan fingerprint density at radius 3 is 2.84 bits per heavy atom. The zero-order chi connectivity index (χ0) is 17.1. The van der Waals surface area contributed by atoms with Crippen LogP contribution in [0.25, 0.3) is 0 Å². The number of aromatic nitrogens is 1. The summed E-state index contributed by atoms with van der Waals surface area (Å²) in [4.78, 5) is 14.7. The molecule has 136 valence electrons. The van der Waals surface area contributed by atoms with Crippen molar-refractivity contribution in [2.45, 2.75) is 33.4 Å². The number of hydrogen-bond acceptors (Lipinski definition) is 5. The van der Waals surface area contributed by atoms with Crippen molar-refractivity contribution in [3.8, 4) is 5.75 Å². The third kappa shape index (κ3) is 4.32. The number of benzene rings is 1. The van der Waals surface area contributed by atoms with E-state index in [2.05, 4.69) is 17.4 Å². The van der Waals surface area contributed by atoms with E-state index in [-0.39, 0.29) is 18.3 Å². The van der Waals surface area contributed by atoms with Crippen LogP contribution in [-0.4, -0.2) is 41.6 Å². The van der Waals surface area contributed by atoms with E-state index in [9.17, 15) is 4.79 Å². The summed E-state index contributed by atoms with van der Waals surface area (Å²) >= 11 is 0. The van der Waals surface area contributed by atoms with Crippen molar-refractivity contribution in [1.82, 2.24) is 15.4 Å². The maximum absolute atomic E-state index is 12.8. The molecule has 1 N–H and O–H groups in total. The van der Waals surface area contributed by atoms with Crippen molar-refractivity contribution in [2.24, 2.45) is 0 Å². The van der Waals surface area contributed by atoms with Gasteiger partial charge >= 0.3 is 0 Å². The van der Waals surface area contributed by atoms with Gasteiger partial charge in [0, 0.05) is 25.7 Å². The van der Waals surface area contributed by atoms with Crippen molar-refractivity contribution >= 4 is 18.3 Å². The van der Waals surface area contributed by atoms with E-state index in [4.69, 9.17) is 9.26 Å². The molecule has 1 aromatic carbocycles. The first-order valence-corrected chi connectivity index (χ1v) is 8.22. The van der Waals surface area contributed by atoms with Crippen LogP contribution in [0.3, 0.4) is 0 Å². The third-order valence-corrected chi connectivity index (χ3v) is 4.33. The van der Waals surface area contributed by atoms with Crippen molar-refractivity contribution in [1.29, 1.82) is 0 Å². The van der Waals surface area contributed by atoms with Gasteiger partial charge in [0.15, 0.2) is 0 Å². The lowest BCUT2D eigenvalue weighted by Crippen LogP contribution is -2.51. The van der Waals surface area contributed by atoms with Crippen LogP contribution >= 0.6 is 12.4 Å². The molecule has 0 radical (unpaired) electrons. The summed E-state index contributed by atoms with van der Waals surface area (Å²) in [5, 5.41) is 7.28. The summed E-state index contributed by atoms with van der Waals surface area (Å²) in [6, 6.07) is 7.69. The molecule has 1 unspecified atom stereocenters. The largest absolute Gasteiger partial charge is 0.488 e. The molecule has 2 aromatic rings. The Kier molecular flexibility index (Phi) is 6.45. The number of carbonyl (C=O) groups excluding carboxylic acids is 1. The Labute approximate surface area is 153 Å². The van der Waals surface area contributed by atoms with Crippen molar-refractivity contribution < 1.29 is 14.1 Å². The van der Waals surface area contributed by atoms with Gasteiger partial charge in [0.2, 0.25) is 0 Å². The Morgan fingerprint density at radius 2 is 2.16 bits per heavy atom. The molecule has 1 aliphatic rings. The van der Waals surface area contributed by atoms with Gasteiger partial charge < -0.3 is 19.5 Å². The lowest BCUT2D eigenvalue weighted by atomic mass is 10.1. The minimum Gasteiger partial charge on any atom is -0.488 e. The molecular formula is C18H24ClN3O3. The fourth-order valence-corrected chi connectivity index (χ4v) is 2.91. The van der Waals surface area contributed by atoms with Gasteiger partial charge in [0.1, 0.15) is 18.1 Å². The Bertz CT molecular complexity index is 713. The van der Waals surface area contributed by atoms with Crippen LogP contribution in [0.1, 0.15) is 34.3 Å². The van der Waals surface area contributed by atoms with Gasteiger partial charge in [0.05, 0.1) is 16.8 Å². The first kappa shape index (κ1) is 19.3. The van der Waals surface area contributed by atoms with Gasteiger partial charge in [-0.1, -0.05) is 17.3 Å². The zero-order valence-electron chi connectivity index (χ0n) is 14.7. The molecule has 1 aliphatic heterocycles. The van der Waals surface area contributed by atoms with E-state index in [1.807, 2.05) is 43.0 Å². The standard InChI is InChI=1S/C18H23N3O3.ClH/c1-12-10-21(9-8-19-12)18(22)15-6-4-5-7-17(15)23-11-16-13(2)20-24-14(16)3;/h4-7,12,19H,8-11H2,1-3H3;1H. The van der Waals surface area contributed by atoms with Crippen molar-refractivity contribution in [3.63, 3.8) is 0 Å². The van der Waals surface area contributed by atoms with Crippen LogP contribution < -0.4 is 10.1 Å². The molecular weight excluding hydrogens is 342 g/mol. The lowest BCUT2D eigenvalue weighted by molar-refractivity contribution is 0.0704.